The lowest BCUT2D eigenvalue weighted by Crippen LogP contribution is -2.21. The molecule has 0 radical (unpaired) electrons. The predicted molar refractivity (Wildman–Crippen MR) is 124 cm³/mol. The zero-order valence-corrected chi connectivity index (χ0v) is 17.9. The van der Waals surface area contributed by atoms with E-state index in [0.717, 1.165) is 36.0 Å². The molecule has 0 atom stereocenters. The SMILES string of the molecule is CCN(CC)c1ccc(Nc2ccnc(Nc3ccc(N(C)C)cc3)n2)c(C)c1. The Hall–Kier alpha value is -3.28. The van der Waals surface area contributed by atoms with Crippen LogP contribution in [0, 0.1) is 6.92 Å². The van der Waals surface area contributed by atoms with Gasteiger partial charge in [0.25, 0.3) is 0 Å². The number of nitrogens with one attached hydrogen (secondary N) is 2. The second kappa shape index (κ2) is 9.28. The van der Waals surface area contributed by atoms with Gasteiger partial charge in [-0.3, -0.25) is 0 Å². The van der Waals surface area contributed by atoms with E-state index in [2.05, 4.69) is 81.5 Å². The molecule has 0 aliphatic heterocycles. The minimum absolute atomic E-state index is 0.560. The zero-order valence-electron chi connectivity index (χ0n) is 17.9. The number of hydrogen-bond donors (Lipinski definition) is 2. The summed E-state index contributed by atoms with van der Waals surface area (Å²) in [5.74, 6) is 1.32. The van der Waals surface area contributed by atoms with Gasteiger partial charge in [0.2, 0.25) is 5.95 Å². The third-order valence-corrected chi connectivity index (χ3v) is 4.90. The molecule has 152 valence electrons. The van der Waals surface area contributed by atoms with E-state index in [1.807, 2.05) is 32.3 Å². The van der Waals surface area contributed by atoms with Crippen molar-refractivity contribution < 1.29 is 0 Å². The van der Waals surface area contributed by atoms with E-state index in [1.54, 1.807) is 6.20 Å². The number of nitrogens with zero attached hydrogens (tertiary/aromatic N) is 4. The van der Waals surface area contributed by atoms with Crippen molar-refractivity contribution in [2.24, 2.45) is 0 Å². The lowest BCUT2D eigenvalue weighted by molar-refractivity contribution is 0.866. The molecular weight excluding hydrogens is 360 g/mol. The first-order valence-corrected chi connectivity index (χ1v) is 10.00. The molecule has 2 aromatic carbocycles. The normalized spacial score (nSPS) is 10.5. The van der Waals surface area contributed by atoms with E-state index in [9.17, 15) is 0 Å². The number of aryl methyl sites for hydroxylation is 1. The van der Waals surface area contributed by atoms with Gasteiger partial charge in [-0.05, 0) is 74.9 Å². The second-order valence-corrected chi connectivity index (χ2v) is 7.13. The van der Waals surface area contributed by atoms with Crippen LogP contribution in [0.15, 0.2) is 54.7 Å². The second-order valence-electron chi connectivity index (χ2n) is 7.13. The molecule has 0 aliphatic rings. The Balaban J connectivity index is 1.73. The van der Waals surface area contributed by atoms with Crippen molar-refractivity contribution >= 4 is 34.5 Å². The van der Waals surface area contributed by atoms with Gasteiger partial charge < -0.3 is 20.4 Å². The molecule has 0 fully saturated rings. The molecule has 29 heavy (non-hydrogen) atoms. The molecule has 6 heteroatoms. The van der Waals surface area contributed by atoms with Gasteiger partial charge >= 0.3 is 0 Å². The summed E-state index contributed by atoms with van der Waals surface area (Å²) in [6.07, 6.45) is 1.76. The van der Waals surface area contributed by atoms with Gasteiger partial charge in [0, 0.05) is 56.1 Å². The lowest BCUT2D eigenvalue weighted by Gasteiger charge is -2.22. The van der Waals surface area contributed by atoms with Crippen molar-refractivity contribution in [1.29, 1.82) is 0 Å². The Bertz CT molecular complexity index is 932. The number of hydrogen-bond acceptors (Lipinski definition) is 6. The van der Waals surface area contributed by atoms with Crippen molar-refractivity contribution in [1.82, 2.24) is 9.97 Å². The highest BCUT2D eigenvalue weighted by atomic mass is 15.1. The largest absolute Gasteiger partial charge is 0.378 e. The number of rotatable bonds is 8. The molecule has 1 aromatic heterocycles. The maximum atomic E-state index is 4.60. The number of aromatic nitrogens is 2. The maximum absolute atomic E-state index is 4.60. The molecule has 0 saturated heterocycles. The quantitative estimate of drug-likeness (QED) is 0.552. The first kappa shape index (κ1) is 20.5. The summed E-state index contributed by atoms with van der Waals surface area (Å²) in [4.78, 5) is 13.3. The Morgan fingerprint density at radius 3 is 2.17 bits per heavy atom. The first-order chi connectivity index (χ1) is 14.0. The zero-order chi connectivity index (χ0) is 20.8. The molecule has 0 aliphatic carbocycles. The van der Waals surface area contributed by atoms with Gasteiger partial charge in [-0.15, -0.1) is 0 Å². The summed E-state index contributed by atoms with van der Waals surface area (Å²) in [6.45, 7) is 8.46. The number of benzene rings is 2. The summed E-state index contributed by atoms with van der Waals surface area (Å²) < 4.78 is 0. The summed E-state index contributed by atoms with van der Waals surface area (Å²) in [5, 5.41) is 6.67. The molecule has 6 nitrogen and oxygen atoms in total. The van der Waals surface area contributed by atoms with Gasteiger partial charge in [-0.1, -0.05) is 0 Å². The van der Waals surface area contributed by atoms with E-state index in [-0.39, 0.29) is 0 Å². The van der Waals surface area contributed by atoms with Gasteiger partial charge in [0.05, 0.1) is 0 Å². The third-order valence-electron chi connectivity index (χ3n) is 4.90. The highest BCUT2D eigenvalue weighted by molar-refractivity contribution is 5.66. The van der Waals surface area contributed by atoms with Crippen molar-refractivity contribution in [2.75, 3.05) is 47.6 Å². The van der Waals surface area contributed by atoms with E-state index < -0.39 is 0 Å². The molecule has 2 N–H and O–H groups in total. The Morgan fingerprint density at radius 2 is 1.55 bits per heavy atom. The van der Waals surface area contributed by atoms with Crippen LogP contribution in [0.5, 0.6) is 0 Å². The van der Waals surface area contributed by atoms with E-state index in [0.29, 0.717) is 5.95 Å². The Morgan fingerprint density at radius 1 is 0.862 bits per heavy atom. The monoisotopic (exact) mass is 390 g/mol. The van der Waals surface area contributed by atoms with E-state index >= 15 is 0 Å². The molecule has 3 aromatic rings. The maximum Gasteiger partial charge on any atom is 0.229 e. The molecule has 3 rings (SSSR count). The van der Waals surface area contributed by atoms with Crippen LogP contribution < -0.4 is 20.4 Å². The minimum Gasteiger partial charge on any atom is -0.378 e. The van der Waals surface area contributed by atoms with Gasteiger partial charge in [0.1, 0.15) is 5.82 Å². The van der Waals surface area contributed by atoms with Crippen LogP contribution in [0.2, 0.25) is 0 Å². The molecule has 0 spiro atoms. The predicted octanol–water partition coefficient (Wildman–Crippen LogP) is 5.18. The molecule has 0 saturated carbocycles. The van der Waals surface area contributed by atoms with Crippen LogP contribution in [-0.2, 0) is 0 Å². The third kappa shape index (κ3) is 5.16. The fourth-order valence-corrected chi connectivity index (χ4v) is 3.17. The van der Waals surface area contributed by atoms with Crippen molar-refractivity contribution in [3.05, 3.63) is 60.3 Å². The average molecular weight is 391 g/mol. The summed E-state index contributed by atoms with van der Waals surface area (Å²) in [7, 11) is 4.05. The Labute approximate surface area is 173 Å². The van der Waals surface area contributed by atoms with Crippen molar-refractivity contribution in [3.63, 3.8) is 0 Å². The summed E-state index contributed by atoms with van der Waals surface area (Å²) >= 11 is 0. The molecule has 1 heterocycles. The summed E-state index contributed by atoms with van der Waals surface area (Å²) in [6, 6.07) is 16.5. The highest BCUT2D eigenvalue weighted by Gasteiger charge is 2.07. The fourth-order valence-electron chi connectivity index (χ4n) is 3.17. The van der Waals surface area contributed by atoms with Crippen molar-refractivity contribution in [3.8, 4) is 0 Å². The molecule has 0 amide bonds. The van der Waals surface area contributed by atoms with Crippen LogP contribution >= 0.6 is 0 Å². The molecule has 0 bridgehead atoms. The Kier molecular flexibility index (Phi) is 6.54. The first-order valence-electron chi connectivity index (χ1n) is 10.00. The van der Waals surface area contributed by atoms with Crippen LogP contribution in [-0.4, -0.2) is 37.2 Å². The highest BCUT2D eigenvalue weighted by Crippen LogP contribution is 2.25. The van der Waals surface area contributed by atoms with Gasteiger partial charge in [-0.25, -0.2) is 4.98 Å². The van der Waals surface area contributed by atoms with Crippen LogP contribution in [0.4, 0.5) is 34.5 Å². The number of anilines is 6. The average Bonchev–Trinajstić information content (AvgIpc) is 2.71. The van der Waals surface area contributed by atoms with Crippen molar-refractivity contribution in [2.45, 2.75) is 20.8 Å². The summed E-state index contributed by atoms with van der Waals surface area (Å²) in [5.41, 5.74) is 5.56. The van der Waals surface area contributed by atoms with E-state index in [1.165, 1.54) is 11.3 Å². The standard InChI is InChI=1S/C23H30N6/c1-6-29(7-2)20-12-13-21(17(3)16-20)26-22-14-15-24-23(27-22)25-18-8-10-19(11-9-18)28(4)5/h8-16H,6-7H2,1-5H3,(H2,24,25,26,27). The van der Waals surface area contributed by atoms with Crippen LogP contribution in [0.25, 0.3) is 0 Å². The van der Waals surface area contributed by atoms with Crippen LogP contribution in [0.1, 0.15) is 19.4 Å². The topological polar surface area (TPSA) is 56.3 Å². The van der Waals surface area contributed by atoms with Gasteiger partial charge in [0.15, 0.2) is 0 Å². The van der Waals surface area contributed by atoms with Crippen LogP contribution in [0.3, 0.4) is 0 Å². The minimum atomic E-state index is 0.560. The van der Waals surface area contributed by atoms with Gasteiger partial charge in [-0.2, -0.15) is 4.98 Å². The molecular formula is C23H30N6. The molecule has 0 unspecified atom stereocenters. The van der Waals surface area contributed by atoms with E-state index in [4.69, 9.17) is 0 Å². The fraction of sp³-hybridized carbons (Fsp3) is 0.304. The lowest BCUT2D eigenvalue weighted by atomic mass is 10.1. The smallest absolute Gasteiger partial charge is 0.229 e.